The number of rotatable bonds is 6. The van der Waals surface area contributed by atoms with Crippen molar-refractivity contribution >= 4 is 54.8 Å². The average Bonchev–Trinajstić information content (AvgIpc) is 3.02. The molecule has 0 bridgehead atoms. The van der Waals surface area contributed by atoms with E-state index in [-0.39, 0.29) is 23.7 Å². The van der Waals surface area contributed by atoms with Gasteiger partial charge in [0.2, 0.25) is 15.9 Å². The molecule has 0 aliphatic carbocycles. The fraction of sp³-hybridized carbons (Fsp3) is 0.167. The molecule has 0 atom stereocenters. The van der Waals surface area contributed by atoms with Crippen molar-refractivity contribution in [2.24, 2.45) is 0 Å². The van der Waals surface area contributed by atoms with E-state index in [0.717, 1.165) is 21.5 Å². The Morgan fingerprint density at radius 1 is 1.14 bits per heavy atom. The lowest BCUT2D eigenvalue weighted by Crippen LogP contribution is -2.25. The van der Waals surface area contributed by atoms with Crippen molar-refractivity contribution in [1.29, 1.82) is 0 Å². The van der Waals surface area contributed by atoms with Gasteiger partial charge >= 0.3 is 0 Å². The van der Waals surface area contributed by atoms with Gasteiger partial charge in [0, 0.05) is 12.6 Å². The molecule has 0 unspecified atom stereocenters. The lowest BCUT2D eigenvalue weighted by atomic mass is 10.1. The SMILES string of the molecule is CC(=O)Nc1ccc(NS(C)(=O)=O)c(C(=O)NCc2nc3ccccc3s2)c1. The van der Waals surface area contributed by atoms with Gasteiger partial charge in [-0.3, -0.25) is 14.3 Å². The second-order valence-electron chi connectivity index (χ2n) is 6.07. The fourth-order valence-corrected chi connectivity index (χ4v) is 4.03. The van der Waals surface area contributed by atoms with Gasteiger partial charge in [0.25, 0.3) is 5.91 Å². The highest BCUT2D eigenvalue weighted by Gasteiger charge is 2.16. The third-order valence-corrected chi connectivity index (χ3v) is 5.25. The van der Waals surface area contributed by atoms with Gasteiger partial charge < -0.3 is 10.6 Å². The quantitative estimate of drug-likeness (QED) is 0.569. The molecule has 10 heteroatoms. The van der Waals surface area contributed by atoms with Crippen LogP contribution in [0.4, 0.5) is 11.4 Å². The predicted molar refractivity (Wildman–Crippen MR) is 110 cm³/mol. The number of benzene rings is 2. The Kier molecular flexibility index (Phi) is 5.61. The van der Waals surface area contributed by atoms with Crippen LogP contribution in [0.5, 0.6) is 0 Å². The zero-order valence-electron chi connectivity index (χ0n) is 15.1. The number of carbonyl (C=O) groups is 2. The molecule has 2 amide bonds. The molecule has 3 rings (SSSR count). The Morgan fingerprint density at radius 3 is 2.57 bits per heavy atom. The summed E-state index contributed by atoms with van der Waals surface area (Å²) in [6.07, 6.45) is 0.998. The summed E-state index contributed by atoms with van der Waals surface area (Å²) in [5.74, 6) is -0.790. The van der Waals surface area contributed by atoms with Crippen LogP contribution in [0.25, 0.3) is 10.2 Å². The van der Waals surface area contributed by atoms with Crippen LogP contribution in [0, 0.1) is 0 Å². The molecule has 0 radical (unpaired) electrons. The summed E-state index contributed by atoms with van der Waals surface area (Å²) in [6, 6.07) is 12.0. The van der Waals surface area contributed by atoms with Crippen LogP contribution < -0.4 is 15.4 Å². The Hall–Kier alpha value is -2.98. The number of aromatic nitrogens is 1. The highest BCUT2D eigenvalue weighted by Crippen LogP contribution is 2.23. The van der Waals surface area contributed by atoms with Gasteiger partial charge in [0.05, 0.1) is 34.3 Å². The molecule has 1 aromatic heterocycles. The summed E-state index contributed by atoms with van der Waals surface area (Å²) >= 11 is 1.47. The topological polar surface area (TPSA) is 117 Å². The zero-order valence-corrected chi connectivity index (χ0v) is 16.8. The van der Waals surface area contributed by atoms with E-state index >= 15 is 0 Å². The molecule has 0 spiro atoms. The summed E-state index contributed by atoms with van der Waals surface area (Å²) in [5.41, 5.74) is 1.46. The number of carbonyl (C=O) groups excluding carboxylic acids is 2. The number of para-hydroxylation sites is 1. The van der Waals surface area contributed by atoms with E-state index in [1.54, 1.807) is 0 Å². The molecule has 0 aliphatic heterocycles. The van der Waals surface area contributed by atoms with Crippen molar-refractivity contribution in [2.45, 2.75) is 13.5 Å². The van der Waals surface area contributed by atoms with Crippen molar-refractivity contribution < 1.29 is 18.0 Å². The zero-order chi connectivity index (χ0) is 20.3. The minimum absolute atomic E-state index is 0.0952. The molecular formula is C18H18N4O4S2. The number of nitrogens with zero attached hydrogens (tertiary/aromatic N) is 1. The van der Waals surface area contributed by atoms with Crippen LogP contribution in [0.1, 0.15) is 22.3 Å². The second-order valence-corrected chi connectivity index (χ2v) is 8.94. The van der Waals surface area contributed by atoms with E-state index in [1.165, 1.54) is 36.5 Å². The Balaban J connectivity index is 1.83. The standard InChI is InChI=1S/C18H18N4O4S2/c1-11(23)20-12-7-8-14(22-28(2,25)26)13(9-12)18(24)19-10-17-21-15-5-3-4-6-16(15)27-17/h3-9,22H,10H2,1-2H3,(H,19,24)(H,20,23). The summed E-state index contributed by atoms with van der Waals surface area (Å²) in [7, 11) is -3.58. The molecule has 146 valence electrons. The first-order chi connectivity index (χ1) is 13.2. The molecule has 0 saturated heterocycles. The monoisotopic (exact) mass is 418 g/mol. The number of sulfonamides is 1. The molecule has 8 nitrogen and oxygen atoms in total. The first-order valence-corrected chi connectivity index (χ1v) is 10.9. The van der Waals surface area contributed by atoms with E-state index in [4.69, 9.17) is 0 Å². The van der Waals surface area contributed by atoms with E-state index in [1.807, 2.05) is 24.3 Å². The van der Waals surface area contributed by atoms with Gasteiger partial charge in [-0.15, -0.1) is 11.3 Å². The lowest BCUT2D eigenvalue weighted by Gasteiger charge is -2.13. The van der Waals surface area contributed by atoms with Gasteiger partial charge in [-0.25, -0.2) is 13.4 Å². The first-order valence-electron chi connectivity index (χ1n) is 8.23. The number of nitrogens with one attached hydrogen (secondary N) is 3. The summed E-state index contributed by atoms with van der Waals surface area (Å²) in [4.78, 5) is 28.4. The van der Waals surface area contributed by atoms with Crippen molar-refractivity contribution in [1.82, 2.24) is 10.3 Å². The smallest absolute Gasteiger partial charge is 0.253 e. The number of thiazole rings is 1. The summed E-state index contributed by atoms with van der Waals surface area (Å²) < 4.78 is 26.5. The molecule has 0 fully saturated rings. The Morgan fingerprint density at radius 2 is 1.89 bits per heavy atom. The normalized spacial score (nSPS) is 11.2. The van der Waals surface area contributed by atoms with Crippen molar-refractivity contribution in [3.05, 3.63) is 53.0 Å². The Labute approximate surface area is 166 Å². The highest BCUT2D eigenvalue weighted by molar-refractivity contribution is 7.92. The maximum Gasteiger partial charge on any atom is 0.253 e. The largest absolute Gasteiger partial charge is 0.345 e. The van der Waals surface area contributed by atoms with E-state index in [0.29, 0.717) is 5.69 Å². The number of fused-ring (bicyclic) bond motifs is 1. The molecular weight excluding hydrogens is 400 g/mol. The van der Waals surface area contributed by atoms with Gasteiger partial charge in [0.15, 0.2) is 0 Å². The number of anilines is 2. The summed E-state index contributed by atoms with van der Waals surface area (Å²) in [5, 5.41) is 6.05. The molecule has 3 N–H and O–H groups in total. The van der Waals surface area contributed by atoms with Gasteiger partial charge in [-0.1, -0.05) is 12.1 Å². The second kappa shape index (κ2) is 7.95. The van der Waals surface area contributed by atoms with Crippen molar-refractivity contribution in [3.8, 4) is 0 Å². The van der Waals surface area contributed by atoms with E-state index < -0.39 is 15.9 Å². The first kappa shape index (κ1) is 19.8. The van der Waals surface area contributed by atoms with Crippen LogP contribution >= 0.6 is 11.3 Å². The fourth-order valence-electron chi connectivity index (χ4n) is 2.55. The summed E-state index contributed by atoms with van der Waals surface area (Å²) in [6.45, 7) is 1.54. The Bertz CT molecular complexity index is 1120. The van der Waals surface area contributed by atoms with Crippen LogP contribution in [0.15, 0.2) is 42.5 Å². The van der Waals surface area contributed by atoms with Crippen molar-refractivity contribution in [3.63, 3.8) is 0 Å². The number of amides is 2. The maximum atomic E-state index is 12.7. The molecule has 2 aromatic carbocycles. The third-order valence-electron chi connectivity index (χ3n) is 3.62. The van der Waals surface area contributed by atoms with E-state index in [2.05, 4.69) is 20.3 Å². The molecule has 0 saturated carbocycles. The van der Waals surface area contributed by atoms with Crippen molar-refractivity contribution in [2.75, 3.05) is 16.3 Å². The lowest BCUT2D eigenvalue weighted by molar-refractivity contribution is -0.114. The minimum atomic E-state index is -3.58. The van der Waals surface area contributed by atoms with Crippen LogP contribution in [-0.4, -0.2) is 31.5 Å². The van der Waals surface area contributed by atoms with Crippen LogP contribution in [-0.2, 0) is 21.4 Å². The minimum Gasteiger partial charge on any atom is -0.345 e. The van der Waals surface area contributed by atoms with Gasteiger partial charge in [-0.05, 0) is 30.3 Å². The maximum absolute atomic E-state index is 12.7. The predicted octanol–water partition coefficient (Wildman–Crippen LogP) is 2.56. The van der Waals surface area contributed by atoms with Crippen LogP contribution in [0.3, 0.4) is 0 Å². The molecule has 1 heterocycles. The number of hydrogen-bond acceptors (Lipinski definition) is 6. The molecule has 3 aromatic rings. The highest BCUT2D eigenvalue weighted by atomic mass is 32.2. The van der Waals surface area contributed by atoms with E-state index in [9.17, 15) is 18.0 Å². The molecule has 28 heavy (non-hydrogen) atoms. The molecule has 0 aliphatic rings. The number of hydrogen-bond donors (Lipinski definition) is 3. The average molecular weight is 419 g/mol. The van der Waals surface area contributed by atoms with Gasteiger partial charge in [0.1, 0.15) is 5.01 Å². The van der Waals surface area contributed by atoms with Crippen LogP contribution in [0.2, 0.25) is 0 Å². The third kappa shape index (κ3) is 5.05. The van der Waals surface area contributed by atoms with Gasteiger partial charge in [-0.2, -0.15) is 0 Å².